The van der Waals surface area contributed by atoms with Crippen LogP contribution >= 0.6 is 15.9 Å². The van der Waals surface area contributed by atoms with Gasteiger partial charge in [0.15, 0.2) is 0 Å². The Bertz CT molecular complexity index is 511. The van der Waals surface area contributed by atoms with Crippen LogP contribution in [-0.2, 0) is 6.54 Å². The Labute approximate surface area is 121 Å². The molecule has 0 aliphatic carbocycles. The summed E-state index contributed by atoms with van der Waals surface area (Å²) in [6.07, 6.45) is 6.41. The molecule has 0 amide bonds. The molecule has 2 aromatic heterocycles. The lowest BCUT2D eigenvalue weighted by Crippen LogP contribution is -2.25. The van der Waals surface area contributed by atoms with E-state index in [1.165, 1.54) is 0 Å². The first-order valence-electron chi connectivity index (χ1n) is 6.49. The Morgan fingerprint density at radius 3 is 2.79 bits per heavy atom. The fourth-order valence-electron chi connectivity index (χ4n) is 2.10. The third kappa shape index (κ3) is 3.19. The van der Waals surface area contributed by atoms with Gasteiger partial charge in [0.25, 0.3) is 0 Å². The molecule has 0 aliphatic rings. The number of rotatable bonds is 6. The maximum absolute atomic E-state index is 4.43. The number of aryl methyl sites for hydroxylation is 1. The Balaban J connectivity index is 2.42. The summed E-state index contributed by atoms with van der Waals surface area (Å²) in [5.74, 6) is 0. The van der Waals surface area contributed by atoms with Crippen LogP contribution < -0.4 is 5.32 Å². The fraction of sp³-hybridized carbons (Fsp3) is 0.462. The predicted octanol–water partition coefficient (Wildman–Crippen LogP) is 2.54. The lowest BCUT2D eigenvalue weighted by molar-refractivity contribution is 0.518. The Morgan fingerprint density at radius 2 is 2.16 bits per heavy atom. The molecule has 0 radical (unpaired) electrons. The third-order valence-corrected chi connectivity index (χ3v) is 3.50. The molecule has 2 heterocycles. The molecular formula is C13H18BrN5. The van der Waals surface area contributed by atoms with Gasteiger partial charge in [-0.2, -0.15) is 15.3 Å². The predicted molar refractivity (Wildman–Crippen MR) is 77.8 cm³/mol. The van der Waals surface area contributed by atoms with E-state index in [4.69, 9.17) is 0 Å². The van der Waals surface area contributed by atoms with E-state index < -0.39 is 0 Å². The molecule has 19 heavy (non-hydrogen) atoms. The molecule has 0 bridgehead atoms. The first-order valence-corrected chi connectivity index (χ1v) is 7.28. The zero-order chi connectivity index (χ0) is 13.7. The summed E-state index contributed by atoms with van der Waals surface area (Å²) in [5.41, 5.74) is 2.23. The number of hydrogen-bond donors (Lipinski definition) is 1. The maximum Gasteiger partial charge on any atom is 0.0775 e. The molecule has 2 rings (SSSR count). The molecule has 0 saturated heterocycles. The van der Waals surface area contributed by atoms with Gasteiger partial charge in [0.05, 0.1) is 28.6 Å². The quantitative estimate of drug-likeness (QED) is 0.887. The lowest BCUT2D eigenvalue weighted by atomic mass is 10.1. The van der Waals surface area contributed by atoms with Crippen molar-refractivity contribution in [2.24, 2.45) is 0 Å². The van der Waals surface area contributed by atoms with Gasteiger partial charge in [0.1, 0.15) is 0 Å². The van der Waals surface area contributed by atoms with Gasteiger partial charge in [0, 0.05) is 12.7 Å². The van der Waals surface area contributed by atoms with Crippen molar-refractivity contribution >= 4 is 15.9 Å². The van der Waals surface area contributed by atoms with Gasteiger partial charge in [0.2, 0.25) is 0 Å². The number of halogens is 1. The van der Waals surface area contributed by atoms with Crippen molar-refractivity contribution < 1.29 is 0 Å². The van der Waals surface area contributed by atoms with Gasteiger partial charge in [-0.25, -0.2) is 0 Å². The molecule has 1 N–H and O–H groups in total. The van der Waals surface area contributed by atoms with Crippen molar-refractivity contribution in [1.82, 2.24) is 25.3 Å². The number of aromatic nitrogens is 4. The van der Waals surface area contributed by atoms with Crippen molar-refractivity contribution in [3.8, 4) is 0 Å². The van der Waals surface area contributed by atoms with Crippen LogP contribution in [0.4, 0.5) is 0 Å². The van der Waals surface area contributed by atoms with Gasteiger partial charge in [-0.3, -0.25) is 4.68 Å². The molecule has 5 nitrogen and oxygen atoms in total. The van der Waals surface area contributed by atoms with E-state index >= 15 is 0 Å². The minimum Gasteiger partial charge on any atom is -0.305 e. The van der Waals surface area contributed by atoms with E-state index in [1.807, 2.05) is 16.9 Å². The molecule has 102 valence electrons. The average molecular weight is 324 g/mol. The molecule has 0 saturated carbocycles. The summed E-state index contributed by atoms with van der Waals surface area (Å²) in [5, 5.41) is 15.7. The highest BCUT2D eigenvalue weighted by atomic mass is 79.9. The summed E-state index contributed by atoms with van der Waals surface area (Å²) in [4.78, 5) is 0. The van der Waals surface area contributed by atoms with Crippen molar-refractivity contribution in [1.29, 1.82) is 0 Å². The third-order valence-electron chi connectivity index (χ3n) is 2.89. The Morgan fingerprint density at radius 1 is 1.32 bits per heavy atom. The van der Waals surface area contributed by atoms with Crippen molar-refractivity contribution in [2.75, 3.05) is 6.54 Å². The molecule has 6 heteroatoms. The Hall–Kier alpha value is -1.27. The van der Waals surface area contributed by atoms with Crippen molar-refractivity contribution in [3.05, 3.63) is 40.4 Å². The number of nitrogens with one attached hydrogen (secondary N) is 1. The summed E-state index contributed by atoms with van der Waals surface area (Å²) in [7, 11) is 0. The summed E-state index contributed by atoms with van der Waals surface area (Å²) in [6, 6.07) is 2.06. The summed E-state index contributed by atoms with van der Waals surface area (Å²) >= 11 is 3.60. The van der Waals surface area contributed by atoms with E-state index in [-0.39, 0.29) is 6.04 Å². The van der Waals surface area contributed by atoms with E-state index in [0.717, 1.165) is 35.2 Å². The molecule has 1 atom stereocenters. The molecule has 0 fully saturated rings. The summed E-state index contributed by atoms with van der Waals surface area (Å²) in [6.45, 7) is 6.02. The maximum atomic E-state index is 4.43. The van der Waals surface area contributed by atoms with E-state index in [2.05, 4.69) is 50.4 Å². The summed E-state index contributed by atoms with van der Waals surface area (Å²) < 4.78 is 3.06. The van der Waals surface area contributed by atoms with Crippen LogP contribution in [0.25, 0.3) is 0 Å². The van der Waals surface area contributed by atoms with Gasteiger partial charge in [-0.15, -0.1) is 0 Å². The first kappa shape index (κ1) is 14.1. The highest BCUT2D eigenvalue weighted by molar-refractivity contribution is 9.10. The van der Waals surface area contributed by atoms with Crippen LogP contribution in [0.5, 0.6) is 0 Å². The van der Waals surface area contributed by atoms with E-state index in [0.29, 0.717) is 0 Å². The fourth-order valence-corrected chi connectivity index (χ4v) is 2.62. The van der Waals surface area contributed by atoms with Crippen LogP contribution in [0.3, 0.4) is 0 Å². The Kier molecular flexibility index (Phi) is 5.04. The minimum atomic E-state index is 0.0731. The standard InChI is InChI=1S/C13H18BrN5/c1-3-7-19-13(11(14)9-18-19)12(15-4-2)10-5-6-16-17-8-10/h5-6,8-9,12,15H,3-4,7H2,1-2H3. The zero-order valence-corrected chi connectivity index (χ0v) is 12.8. The van der Waals surface area contributed by atoms with Crippen LogP contribution in [0.15, 0.2) is 29.1 Å². The highest BCUT2D eigenvalue weighted by Crippen LogP contribution is 2.28. The monoisotopic (exact) mass is 323 g/mol. The second-order valence-corrected chi connectivity index (χ2v) is 5.12. The SMILES string of the molecule is CCCn1ncc(Br)c1C(NCC)c1ccnnc1. The molecule has 1 unspecified atom stereocenters. The zero-order valence-electron chi connectivity index (χ0n) is 11.2. The second kappa shape index (κ2) is 6.77. The van der Waals surface area contributed by atoms with Gasteiger partial charge in [-0.05, 0) is 40.5 Å². The van der Waals surface area contributed by atoms with E-state index in [9.17, 15) is 0 Å². The lowest BCUT2D eigenvalue weighted by Gasteiger charge is -2.20. The number of hydrogen-bond acceptors (Lipinski definition) is 4. The van der Waals surface area contributed by atoms with Crippen LogP contribution in [0.2, 0.25) is 0 Å². The number of nitrogens with zero attached hydrogens (tertiary/aromatic N) is 4. The van der Waals surface area contributed by atoms with Crippen LogP contribution in [0, 0.1) is 0 Å². The van der Waals surface area contributed by atoms with Crippen molar-refractivity contribution in [2.45, 2.75) is 32.9 Å². The molecule has 0 aliphatic heterocycles. The second-order valence-electron chi connectivity index (χ2n) is 4.27. The molecule has 0 spiro atoms. The normalized spacial score (nSPS) is 12.6. The van der Waals surface area contributed by atoms with Gasteiger partial charge < -0.3 is 5.32 Å². The molecule has 0 aromatic carbocycles. The van der Waals surface area contributed by atoms with Crippen molar-refractivity contribution in [3.63, 3.8) is 0 Å². The molecule has 2 aromatic rings. The minimum absolute atomic E-state index is 0.0731. The van der Waals surface area contributed by atoms with Gasteiger partial charge in [-0.1, -0.05) is 13.8 Å². The highest BCUT2D eigenvalue weighted by Gasteiger charge is 2.21. The average Bonchev–Trinajstić information content (AvgIpc) is 2.79. The van der Waals surface area contributed by atoms with E-state index in [1.54, 1.807) is 12.4 Å². The van der Waals surface area contributed by atoms with Crippen LogP contribution in [-0.4, -0.2) is 26.5 Å². The first-order chi connectivity index (χ1) is 9.27. The van der Waals surface area contributed by atoms with Gasteiger partial charge >= 0.3 is 0 Å². The topological polar surface area (TPSA) is 55.6 Å². The largest absolute Gasteiger partial charge is 0.305 e. The van der Waals surface area contributed by atoms with Crippen LogP contribution in [0.1, 0.15) is 37.6 Å². The smallest absolute Gasteiger partial charge is 0.0775 e. The molecular weight excluding hydrogens is 306 g/mol.